The summed E-state index contributed by atoms with van der Waals surface area (Å²) in [7, 11) is 0. The number of aromatic nitrogens is 2. The van der Waals surface area contributed by atoms with Crippen LogP contribution in [0.2, 0.25) is 0 Å². The monoisotopic (exact) mass is 223 g/mol. The third-order valence-electron chi connectivity index (χ3n) is 3.67. The maximum absolute atomic E-state index is 4.98. The van der Waals surface area contributed by atoms with Crippen molar-refractivity contribution in [2.45, 2.75) is 45.6 Å². The molecule has 1 aliphatic carbocycles. The van der Waals surface area contributed by atoms with Gasteiger partial charge in [-0.2, -0.15) is 4.98 Å². The zero-order valence-corrected chi connectivity index (χ0v) is 10.1. The molecular weight excluding hydrogens is 202 g/mol. The molecular formula is C12H21N3O. The average Bonchev–Trinajstić information content (AvgIpc) is 2.75. The SMILES string of the molecule is CC1CCCC(C)C1NCCc1ncno1. The molecule has 0 aromatic carbocycles. The normalized spacial score (nSPS) is 30.5. The van der Waals surface area contributed by atoms with E-state index in [1.807, 2.05) is 0 Å². The molecule has 1 heterocycles. The fourth-order valence-corrected chi connectivity index (χ4v) is 2.74. The first-order valence-electron chi connectivity index (χ1n) is 6.26. The van der Waals surface area contributed by atoms with Crippen LogP contribution in [0.5, 0.6) is 0 Å². The minimum absolute atomic E-state index is 0.650. The van der Waals surface area contributed by atoms with E-state index >= 15 is 0 Å². The van der Waals surface area contributed by atoms with E-state index in [4.69, 9.17) is 4.52 Å². The first-order valence-corrected chi connectivity index (χ1v) is 6.26. The average molecular weight is 223 g/mol. The minimum Gasteiger partial charge on any atom is -0.340 e. The van der Waals surface area contributed by atoms with Crippen LogP contribution in [-0.2, 0) is 6.42 Å². The van der Waals surface area contributed by atoms with E-state index < -0.39 is 0 Å². The zero-order valence-electron chi connectivity index (χ0n) is 10.1. The van der Waals surface area contributed by atoms with Crippen molar-refractivity contribution in [2.75, 3.05) is 6.54 Å². The standard InChI is InChI=1S/C12H21N3O/c1-9-4-3-5-10(2)12(9)13-7-6-11-14-8-15-16-11/h8-10,12-13H,3-7H2,1-2H3. The smallest absolute Gasteiger partial charge is 0.227 e. The van der Waals surface area contributed by atoms with Crippen LogP contribution in [0, 0.1) is 11.8 Å². The van der Waals surface area contributed by atoms with Crippen molar-refractivity contribution in [3.05, 3.63) is 12.2 Å². The second kappa shape index (κ2) is 5.43. The van der Waals surface area contributed by atoms with Gasteiger partial charge in [0, 0.05) is 19.0 Å². The van der Waals surface area contributed by atoms with Crippen LogP contribution >= 0.6 is 0 Å². The Kier molecular flexibility index (Phi) is 3.93. The molecule has 4 nitrogen and oxygen atoms in total. The van der Waals surface area contributed by atoms with Gasteiger partial charge in [0.2, 0.25) is 5.89 Å². The lowest BCUT2D eigenvalue weighted by Gasteiger charge is -2.35. The predicted molar refractivity (Wildman–Crippen MR) is 62.0 cm³/mol. The van der Waals surface area contributed by atoms with Crippen LogP contribution in [0.4, 0.5) is 0 Å². The van der Waals surface area contributed by atoms with Crippen molar-refractivity contribution in [1.29, 1.82) is 0 Å². The summed E-state index contributed by atoms with van der Waals surface area (Å²) < 4.78 is 4.98. The second-order valence-corrected chi connectivity index (χ2v) is 4.95. The molecule has 2 atom stereocenters. The highest BCUT2D eigenvalue weighted by molar-refractivity contribution is 4.84. The largest absolute Gasteiger partial charge is 0.340 e. The summed E-state index contributed by atoms with van der Waals surface area (Å²) in [6.45, 7) is 5.63. The van der Waals surface area contributed by atoms with Gasteiger partial charge in [-0.25, -0.2) is 0 Å². The molecule has 0 aliphatic heterocycles. The molecule has 4 heteroatoms. The Balaban J connectivity index is 1.75. The molecule has 1 N–H and O–H groups in total. The van der Waals surface area contributed by atoms with Crippen LogP contribution in [-0.4, -0.2) is 22.7 Å². The molecule has 0 radical (unpaired) electrons. The van der Waals surface area contributed by atoms with Gasteiger partial charge in [0.05, 0.1) is 0 Å². The lowest BCUT2D eigenvalue weighted by atomic mass is 9.79. The van der Waals surface area contributed by atoms with E-state index in [2.05, 4.69) is 29.3 Å². The van der Waals surface area contributed by atoms with Gasteiger partial charge in [-0.15, -0.1) is 0 Å². The van der Waals surface area contributed by atoms with E-state index in [0.717, 1.165) is 30.7 Å². The molecule has 0 spiro atoms. The van der Waals surface area contributed by atoms with Gasteiger partial charge in [0.15, 0.2) is 6.33 Å². The Labute approximate surface area is 96.8 Å². The summed E-state index contributed by atoms with van der Waals surface area (Å²) in [6, 6.07) is 0.650. The van der Waals surface area contributed by atoms with Crippen LogP contribution in [0.25, 0.3) is 0 Å². The van der Waals surface area contributed by atoms with Crippen LogP contribution in [0.3, 0.4) is 0 Å². The minimum atomic E-state index is 0.650. The zero-order chi connectivity index (χ0) is 11.4. The molecule has 1 saturated carbocycles. The lowest BCUT2D eigenvalue weighted by Crippen LogP contribution is -2.43. The Morgan fingerprint density at radius 2 is 2.12 bits per heavy atom. The molecule has 2 rings (SSSR count). The van der Waals surface area contributed by atoms with Crippen molar-refractivity contribution in [3.8, 4) is 0 Å². The van der Waals surface area contributed by atoms with Crippen molar-refractivity contribution in [1.82, 2.24) is 15.5 Å². The summed E-state index contributed by atoms with van der Waals surface area (Å²) >= 11 is 0. The fraction of sp³-hybridized carbons (Fsp3) is 0.833. The van der Waals surface area contributed by atoms with Crippen molar-refractivity contribution in [2.24, 2.45) is 11.8 Å². The van der Waals surface area contributed by atoms with Gasteiger partial charge < -0.3 is 9.84 Å². The maximum atomic E-state index is 4.98. The van der Waals surface area contributed by atoms with Gasteiger partial charge in [0.25, 0.3) is 0 Å². The highest BCUT2D eigenvalue weighted by atomic mass is 16.5. The van der Waals surface area contributed by atoms with Crippen molar-refractivity contribution >= 4 is 0 Å². The predicted octanol–water partition coefficient (Wildman–Crippen LogP) is 2.03. The lowest BCUT2D eigenvalue weighted by molar-refractivity contribution is 0.208. The Morgan fingerprint density at radius 3 is 2.75 bits per heavy atom. The highest BCUT2D eigenvalue weighted by Crippen LogP contribution is 2.28. The maximum Gasteiger partial charge on any atom is 0.227 e. The summed E-state index contributed by atoms with van der Waals surface area (Å²) in [6.07, 6.45) is 6.37. The molecule has 90 valence electrons. The number of rotatable bonds is 4. The first kappa shape index (κ1) is 11.6. The third-order valence-corrected chi connectivity index (χ3v) is 3.67. The topological polar surface area (TPSA) is 51.0 Å². The fourth-order valence-electron chi connectivity index (χ4n) is 2.74. The second-order valence-electron chi connectivity index (χ2n) is 4.95. The molecule has 1 aromatic heterocycles. The molecule has 0 bridgehead atoms. The molecule has 1 aromatic rings. The quantitative estimate of drug-likeness (QED) is 0.848. The van der Waals surface area contributed by atoms with Crippen LogP contribution < -0.4 is 5.32 Å². The van der Waals surface area contributed by atoms with Gasteiger partial charge in [-0.1, -0.05) is 25.4 Å². The summed E-state index contributed by atoms with van der Waals surface area (Å²) in [4.78, 5) is 4.02. The molecule has 16 heavy (non-hydrogen) atoms. The Bertz CT molecular complexity index is 289. The molecule has 2 unspecified atom stereocenters. The molecule has 1 aliphatic rings. The van der Waals surface area contributed by atoms with E-state index in [1.54, 1.807) is 0 Å². The number of nitrogens with one attached hydrogen (secondary N) is 1. The molecule has 0 amide bonds. The number of nitrogens with zero attached hydrogens (tertiary/aromatic N) is 2. The van der Waals surface area contributed by atoms with E-state index in [0.29, 0.717) is 6.04 Å². The summed E-state index contributed by atoms with van der Waals surface area (Å²) in [5, 5.41) is 7.24. The highest BCUT2D eigenvalue weighted by Gasteiger charge is 2.26. The van der Waals surface area contributed by atoms with E-state index in [1.165, 1.54) is 25.6 Å². The number of hydrogen-bond acceptors (Lipinski definition) is 4. The van der Waals surface area contributed by atoms with Crippen LogP contribution in [0.15, 0.2) is 10.9 Å². The van der Waals surface area contributed by atoms with Crippen LogP contribution in [0.1, 0.15) is 39.0 Å². The van der Waals surface area contributed by atoms with Gasteiger partial charge in [-0.3, -0.25) is 0 Å². The Morgan fingerprint density at radius 1 is 1.38 bits per heavy atom. The van der Waals surface area contributed by atoms with Gasteiger partial charge in [-0.05, 0) is 24.7 Å². The van der Waals surface area contributed by atoms with Gasteiger partial charge in [0.1, 0.15) is 0 Å². The van der Waals surface area contributed by atoms with Gasteiger partial charge >= 0.3 is 0 Å². The molecule has 1 fully saturated rings. The first-order chi connectivity index (χ1) is 7.77. The van der Waals surface area contributed by atoms with Crippen molar-refractivity contribution < 1.29 is 4.52 Å². The Hall–Kier alpha value is -0.900. The third kappa shape index (κ3) is 2.82. The van der Waals surface area contributed by atoms with E-state index in [-0.39, 0.29) is 0 Å². The number of hydrogen-bond donors (Lipinski definition) is 1. The molecule has 0 saturated heterocycles. The van der Waals surface area contributed by atoms with E-state index in [9.17, 15) is 0 Å². The summed E-state index contributed by atoms with van der Waals surface area (Å²) in [5.74, 6) is 2.29. The van der Waals surface area contributed by atoms with Crippen molar-refractivity contribution in [3.63, 3.8) is 0 Å². The summed E-state index contributed by atoms with van der Waals surface area (Å²) in [5.41, 5.74) is 0.